The van der Waals surface area contributed by atoms with Crippen molar-refractivity contribution in [2.45, 2.75) is 43.8 Å². The van der Waals surface area contributed by atoms with Crippen LogP contribution < -0.4 is 0 Å². The number of hydrogen-bond acceptors (Lipinski definition) is 3. The summed E-state index contributed by atoms with van der Waals surface area (Å²) in [6, 6.07) is 10.3. The van der Waals surface area contributed by atoms with E-state index < -0.39 is 5.60 Å². The molecule has 3 aliphatic rings. The van der Waals surface area contributed by atoms with Gasteiger partial charge in [-0.05, 0) is 60.6 Å². The molecule has 1 aromatic heterocycles. The molecule has 5 heteroatoms. The third kappa shape index (κ3) is 2.12. The molecule has 0 radical (unpaired) electrons. The van der Waals surface area contributed by atoms with Gasteiger partial charge in [0.25, 0.3) is 0 Å². The van der Waals surface area contributed by atoms with E-state index in [0.717, 1.165) is 49.5 Å². The number of carbonyl (C=O) groups is 1. The molecule has 2 aliphatic heterocycles. The lowest BCUT2D eigenvalue weighted by Gasteiger charge is -2.32. The highest BCUT2D eigenvalue weighted by Crippen LogP contribution is 2.65. The molecule has 5 rings (SSSR count). The molecule has 3 heterocycles. The Kier molecular flexibility index (Phi) is 3.47. The lowest BCUT2D eigenvalue weighted by molar-refractivity contribution is -0.130. The number of ether oxygens (including phenoxy) is 1. The summed E-state index contributed by atoms with van der Waals surface area (Å²) < 4.78 is 6.63. The first-order valence-electron chi connectivity index (χ1n) is 9.25. The number of epoxide rings is 1. The minimum Gasteiger partial charge on any atom is -0.350 e. The number of fused-ring (bicyclic) bond motifs is 5. The number of aromatic nitrogens is 1. The van der Waals surface area contributed by atoms with Crippen LogP contribution in [0.15, 0.2) is 36.5 Å². The maximum atomic E-state index is 11.7. The van der Waals surface area contributed by atoms with Crippen molar-refractivity contribution in [1.29, 1.82) is 0 Å². The minimum absolute atomic E-state index is 0.140. The zero-order valence-electron chi connectivity index (χ0n) is 14.8. The number of amides is 1. The summed E-state index contributed by atoms with van der Waals surface area (Å²) >= 11 is 6.29. The van der Waals surface area contributed by atoms with Gasteiger partial charge in [0.1, 0.15) is 5.60 Å². The molecule has 1 amide bonds. The lowest BCUT2D eigenvalue weighted by atomic mass is 9.76. The monoisotopic (exact) mass is 368 g/mol. The van der Waals surface area contributed by atoms with Crippen LogP contribution >= 0.6 is 11.6 Å². The number of hydrogen-bond donors (Lipinski definition) is 0. The van der Waals surface area contributed by atoms with E-state index in [9.17, 15) is 4.79 Å². The summed E-state index contributed by atoms with van der Waals surface area (Å²) in [7, 11) is 0. The molecule has 1 aromatic carbocycles. The molecule has 0 bridgehead atoms. The van der Waals surface area contributed by atoms with Crippen LogP contribution in [0.2, 0.25) is 5.02 Å². The van der Waals surface area contributed by atoms with Gasteiger partial charge in [0.05, 0.1) is 5.69 Å². The average Bonchev–Trinajstić information content (AvgIpc) is 3.31. The number of pyridine rings is 1. The van der Waals surface area contributed by atoms with Crippen LogP contribution in [0.5, 0.6) is 0 Å². The topological polar surface area (TPSA) is 45.7 Å². The quantitative estimate of drug-likeness (QED) is 0.669. The fourth-order valence-electron chi connectivity index (χ4n) is 4.94. The number of piperidine rings is 1. The number of likely N-dealkylation sites (tertiary alicyclic amines) is 1. The minimum atomic E-state index is -0.497. The number of benzene rings is 1. The van der Waals surface area contributed by atoms with Crippen LogP contribution in [0.1, 0.15) is 42.1 Å². The Labute approximate surface area is 158 Å². The van der Waals surface area contributed by atoms with Gasteiger partial charge in [-0.15, -0.1) is 0 Å². The van der Waals surface area contributed by atoms with Crippen molar-refractivity contribution in [3.63, 3.8) is 0 Å². The van der Waals surface area contributed by atoms with Crippen LogP contribution in [0.4, 0.5) is 0 Å². The van der Waals surface area contributed by atoms with Gasteiger partial charge in [0, 0.05) is 31.2 Å². The van der Waals surface area contributed by atoms with Gasteiger partial charge < -0.3 is 9.64 Å². The van der Waals surface area contributed by atoms with E-state index >= 15 is 0 Å². The predicted molar refractivity (Wildman–Crippen MR) is 99.2 cm³/mol. The molecule has 4 nitrogen and oxygen atoms in total. The van der Waals surface area contributed by atoms with Crippen molar-refractivity contribution < 1.29 is 9.53 Å². The van der Waals surface area contributed by atoms with Gasteiger partial charge >= 0.3 is 0 Å². The standard InChI is InChI=1S/C21H21ClN2O2/c1-14(25)24-11-8-20(9-12-24)21(26-20)18-7-6-17(22)13-16(18)5-4-15-3-2-10-23-19(15)21/h2-3,6-7,10,13H,4-5,8-9,11-12H2,1H3. The van der Waals surface area contributed by atoms with Gasteiger partial charge in [-0.25, -0.2) is 0 Å². The van der Waals surface area contributed by atoms with Gasteiger partial charge in [0.2, 0.25) is 5.91 Å². The second kappa shape index (κ2) is 5.54. The van der Waals surface area contributed by atoms with Crippen LogP contribution in [-0.4, -0.2) is 34.5 Å². The van der Waals surface area contributed by atoms with Crippen molar-refractivity contribution in [2.75, 3.05) is 13.1 Å². The second-order valence-electron chi connectivity index (χ2n) is 7.60. The maximum Gasteiger partial charge on any atom is 0.219 e. The molecule has 0 saturated carbocycles. The van der Waals surface area contributed by atoms with Crippen LogP contribution in [0, 0.1) is 0 Å². The third-order valence-corrected chi connectivity index (χ3v) is 6.53. The van der Waals surface area contributed by atoms with Gasteiger partial charge in [-0.3, -0.25) is 9.78 Å². The summed E-state index contributed by atoms with van der Waals surface area (Å²) in [6.45, 7) is 3.12. The molecule has 2 saturated heterocycles. The van der Waals surface area contributed by atoms with Gasteiger partial charge in [-0.2, -0.15) is 0 Å². The average molecular weight is 369 g/mol. The van der Waals surface area contributed by atoms with Gasteiger partial charge in [-0.1, -0.05) is 23.7 Å². The predicted octanol–water partition coefficient (Wildman–Crippen LogP) is 3.49. The van der Waals surface area contributed by atoms with E-state index in [2.05, 4.69) is 18.2 Å². The maximum absolute atomic E-state index is 11.7. The fraction of sp³-hybridized carbons (Fsp3) is 0.429. The molecule has 26 heavy (non-hydrogen) atoms. The number of carbonyl (C=O) groups excluding carboxylic acids is 1. The summed E-state index contributed by atoms with van der Waals surface area (Å²) in [4.78, 5) is 18.4. The highest BCUT2D eigenvalue weighted by Gasteiger charge is 2.73. The molecule has 2 fully saturated rings. The van der Waals surface area contributed by atoms with E-state index in [0.29, 0.717) is 0 Å². The Morgan fingerprint density at radius 2 is 1.96 bits per heavy atom. The molecule has 1 aliphatic carbocycles. The Morgan fingerprint density at radius 3 is 2.73 bits per heavy atom. The summed E-state index contributed by atoms with van der Waals surface area (Å²) in [5.41, 5.74) is 4.00. The molecule has 134 valence electrons. The van der Waals surface area contributed by atoms with E-state index in [4.69, 9.17) is 21.3 Å². The fourth-order valence-corrected chi connectivity index (χ4v) is 5.13. The van der Waals surface area contributed by atoms with Crippen molar-refractivity contribution in [1.82, 2.24) is 9.88 Å². The van der Waals surface area contributed by atoms with Crippen molar-refractivity contribution >= 4 is 17.5 Å². The van der Waals surface area contributed by atoms with E-state index in [-0.39, 0.29) is 11.5 Å². The number of aryl methyl sites for hydroxylation is 2. The van der Waals surface area contributed by atoms with Crippen LogP contribution in [-0.2, 0) is 28.0 Å². The van der Waals surface area contributed by atoms with Crippen molar-refractivity contribution in [3.05, 3.63) is 63.9 Å². The van der Waals surface area contributed by atoms with E-state index in [1.807, 2.05) is 23.2 Å². The highest BCUT2D eigenvalue weighted by molar-refractivity contribution is 6.30. The molecule has 2 aromatic rings. The Balaban J connectivity index is 1.64. The smallest absolute Gasteiger partial charge is 0.219 e. The van der Waals surface area contributed by atoms with Crippen molar-refractivity contribution in [3.8, 4) is 0 Å². The molecular weight excluding hydrogens is 348 g/mol. The zero-order chi connectivity index (χ0) is 17.9. The normalized spacial score (nSPS) is 25.5. The van der Waals surface area contributed by atoms with Gasteiger partial charge in [0.15, 0.2) is 5.60 Å². The molecular formula is C21H21ClN2O2. The van der Waals surface area contributed by atoms with E-state index in [1.54, 1.807) is 6.92 Å². The van der Waals surface area contributed by atoms with E-state index in [1.165, 1.54) is 16.7 Å². The summed E-state index contributed by atoms with van der Waals surface area (Å²) in [6.07, 6.45) is 5.42. The highest BCUT2D eigenvalue weighted by atomic mass is 35.5. The molecule has 1 atom stereocenters. The Morgan fingerprint density at radius 1 is 1.19 bits per heavy atom. The number of rotatable bonds is 0. The number of nitrogens with zero attached hydrogens (tertiary/aromatic N) is 2. The molecule has 1 unspecified atom stereocenters. The first-order chi connectivity index (χ1) is 12.6. The van der Waals surface area contributed by atoms with Crippen LogP contribution in [0.25, 0.3) is 0 Å². The Bertz CT molecular complexity index is 905. The zero-order valence-corrected chi connectivity index (χ0v) is 15.6. The number of halogens is 1. The first kappa shape index (κ1) is 16.3. The molecule has 0 N–H and O–H groups in total. The van der Waals surface area contributed by atoms with Crippen molar-refractivity contribution in [2.24, 2.45) is 0 Å². The van der Waals surface area contributed by atoms with Crippen LogP contribution in [0.3, 0.4) is 0 Å². The largest absolute Gasteiger partial charge is 0.350 e. The summed E-state index contributed by atoms with van der Waals surface area (Å²) in [5, 5.41) is 0.763. The SMILES string of the molecule is CC(=O)N1CCC2(CC1)OC21c2ccc(Cl)cc2CCc2cccnc21. The Hall–Kier alpha value is -1.91. The third-order valence-electron chi connectivity index (χ3n) is 6.30. The molecule has 2 spiro atoms. The first-order valence-corrected chi connectivity index (χ1v) is 9.62. The lowest BCUT2D eigenvalue weighted by Crippen LogP contribution is -2.43. The summed E-state index contributed by atoms with van der Waals surface area (Å²) in [5.74, 6) is 0.140. The second-order valence-corrected chi connectivity index (χ2v) is 8.03.